The van der Waals surface area contributed by atoms with E-state index in [-0.39, 0.29) is 17.6 Å². The molecule has 0 aromatic heterocycles. The summed E-state index contributed by atoms with van der Waals surface area (Å²) in [6.45, 7) is 3.66. The molecule has 4 heteroatoms. The molecule has 1 aromatic rings. The van der Waals surface area contributed by atoms with Gasteiger partial charge in [0.25, 0.3) is 5.91 Å². The van der Waals surface area contributed by atoms with Gasteiger partial charge in [0.1, 0.15) is 0 Å². The van der Waals surface area contributed by atoms with Crippen molar-refractivity contribution in [3.8, 4) is 0 Å². The Morgan fingerprint density at radius 2 is 1.80 bits per heavy atom. The van der Waals surface area contributed by atoms with Crippen molar-refractivity contribution in [3.05, 3.63) is 35.9 Å². The first-order valence-corrected chi connectivity index (χ1v) is 7.13. The highest BCUT2D eigenvalue weighted by Crippen LogP contribution is 2.31. The highest BCUT2D eigenvalue weighted by atomic mass is 16.6. The molecule has 1 atom stereocenters. The van der Waals surface area contributed by atoms with E-state index in [0.29, 0.717) is 19.7 Å². The molecule has 3 rings (SSSR count). The molecule has 1 amide bonds. The second kappa shape index (κ2) is 5.02. The van der Waals surface area contributed by atoms with E-state index in [2.05, 4.69) is 0 Å². The summed E-state index contributed by atoms with van der Waals surface area (Å²) in [5, 5.41) is 0. The maximum absolute atomic E-state index is 12.4. The maximum Gasteiger partial charge on any atom is 0.256 e. The number of Topliss-reactive ketones (excluding diaryl/α,β-unsaturated/α-hetero) is 1. The number of likely N-dealkylation sites (tertiary alicyclic amines) is 1. The van der Waals surface area contributed by atoms with Crippen LogP contribution in [0.15, 0.2) is 30.3 Å². The van der Waals surface area contributed by atoms with Crippen molar-refractivity contribution in [2.24, 2.45) is 5.92 Å². The number of rotatable bonds is 3. The van der Waals surface area contributed by atoms with Gasteiger partial charge in [-0.25, -0.2) is 0 Å². The van der Waals surface area contributed by atoms with Crippen LogP contribution in [0.3, 0.4) is 0 Å². The summed E-state index contributed by atoms with van der Waals surface area (Å²) in [5.41, 5.74) is 0.186. The molecule has 1 aromatic carbocycles. The fourth-order valence-corrected chi connectivity index (χ4v) is 2.75. The summed E-state index contributed by atoms with van der Waals surface area (Å²) in [4.78, 5) is 26.3. The van der Waals surface area contributed by atoms with E-state index in [4.69, 9.17) is 4.74 Å². The lowest BCUT2D eigenvalue weighted by atomic mass is 9.88. The molecule has 1 unspecified atom stereocenters. The number of ether oxygens (including phenoxy) is 1. The summed E-state index contributed by atoms with van der Waals surface area (Å²) in [5.74, 6) is 0.309. The van der Waals surface area contributed by atoms with E-state index >= 15 is 0 Å². The van der Waals surface area contributed by atoms with Crippen molar-refractivity contribution >= 4 is 11.7 Å². The van der Waals surface area contributed by atoms with E-state index in [0.717, 1.165) is 18.4 Å². The number of carbonyl (C=O) groups is 2. The largest absolute Gasteiger partial charge is 0.359 e. The van der Waals surface area contributed by atoms with Crippen LogP contribution in [0, 0.1) is 5.92 Å². The molecular formula is C16H19NO3. The third-order valence-corrected chi connectivity index (χ3v) is 4.24. The molecule has 2 fully saturated rings. The number of hydrogen-bond donors (Lipinski definition) is 0. The molecule has 2 aliphatic rings. The van der Waals surface area contributed by atoms with Gasteiger partial charge in [0.2, 0.25) is 0 Å². The standard InChI is InChI=1S/C16H19NO3/c1-16(11-20-16)15(19)17-9-7-13(8-10-17)14(18)12-5-3-2-4-6-12/h2-6,13H,7-11H2,1H3. The third-order valence-electron chi connectivity index (χ3n) is 4.24. The number of ketones is 1. The Bertz CT molecular complexity index is 514. The molecule has 20 heavy (non-hydrogen) atoms. The zero-order chi connectivity index (χ0) is 14.2. The quantitative estimate of drug-likeness (QED) is 0.624. The van der Waals surface area contributed by atoms with Crippen LogP contribution in [0.1, 0.15) is 30.1 Å². The van der Waals surface area contributed by atoms with Gasteiger partial charge in [-0.05, 0) is 19.8 Å². The number of hydrogen-bond acceptors (Lipinski definition) is 3. The first-order valence-electron chi connectivity index (χ1n) is 7.13. The van der Waals surface area contributed by atoms with Gasteiger partial charge in [-0.2, -0.15) is 0 Å². The zero-order valence-electron chi connectivity index (χ0n) is 11.7. The van der Waals surface area contributed by atoms with Gasteiger partial charge in [0, 0.05) is 24.6 Å². The van der Waals surface area contributed by atoms with Gasteiger partial charge in [-0.15, -0.1) is 0 Å². The summed E-state index contributed by atoms with van der Waals surface area (Å²) in [6.07, 6.45) is 1.49. The monoisotopic (exact) mass is 273 g/mol. The number of nitrogens with zero attached hydrogens (tertiary/aromatic N) is 1. The molecule has 2 saturated heterocycles. The van der Waals surface area contributed by atoms with Crippen LogP contribution in [-0.4, -0.2) is 41.9 Å². The molecular weight excluding hydrogens is 254 g/mol. The van der Waals surface area contributed by atoms with Gasteiger partial charge in [-0.1, -0.05) is 30.3 Å². The smallest absolute Gasteiger partial charge is 0.256 e. The number of epoxide rings is 1. The lowest BCUT2D eigenvalue weighted by molar-refractivity contribution is -0.137. The van der Waals surface area contributed by atoms with Gasteiger partial charge in [0.15, 0.2) is 11.4 Å². The minimum absolute atomic E-state index is 0.0365. The average Bonchev–Trinajstić information content (AvgIpc) is 3.26. The lowest BCUT2D eigenvalue weighted by Crippen LogP contribution is -2.45. The van der Waals surface area contributed by atoms with E-state index in [9.17, 15) is 9.59 Å². The normalized spacial score (nSPS) is 26.4. The predicted molar refractivity (Wildman–Crippen MR) is 74.4 cm³/mol. The van der Waals surface area contributed by atoms with Crippen LogP contribution in [0.5, 0.6) is 0 Å². The molecule has 2 heterocycles. The Kier molecular flexibility index (Phi) is 3.34. The topological polar surface area (TPSA) is 49.9 Å². The third kappa shape index (κ3) is 2.48. The summed E-state index contributed by atoms with van der Waals surface area (Å²) in [6, 6.07) is 9.40. The molecule has 106 valence electrons. The first-order chi connectivity index (χ1) is 9.60. The van der Waals surface area contributed by atoms with Gasteiger partial charge in [0.05, 0.1) is 6.61 Å². The highest BCUT2D eigenvalue weighted by molar-refractivity contribution is 5.98. The number of piperidine rings is 1. The molecule has 0 N–H and O–H groups in total. The SMILES string of the molecule is CC1(C(=O)N2CCC(C(=O)c3ccccc3)CC2)CO1. The van der Waals surface area contributed by atoms with E-state index in [1.807, 2.05) is 42.2 Å². The predicted octanol–water partition coefficient (Wildman–Crippen LogP) is 1.90. The van der Waals surface area contributed by atoms with Crippen molar-refractivity contribution in [1.82, 2.24) is 4.90 Å². The minimum atomic E-state index is -0.587. The fraction of sp³-hybridized carbons (Fsp3) is 0.500. The highest BCUT2D eigenvalue weighted by Gasteiger charge is 2.50. The van der Waals surface area contributed by atoms with Crippen molar-refractivity contribution in [2.45, 2.75) is 25.4 Å². The molecule has 0 radical (unpaired) electrons. The Morgan fingerprint density at radius 3 is 2.35 bits per heavy atom. The van der Waals surface area contributed by atoms with Crippen molar-refractivity contribution in [2.75, 3.05) is 19.7 Å². The zero-order valence-corrected chi connectivity index (χ0v) is 11.7. The number of amides is 1. The van der Waals surface area contributed by atoms with E-state index in [1.165, 1.54) is 0 Å². The lowest BCUT2D eigenvalue weighted by Gasteiger charge is -2.32. The Morgan fingerprint density at radius 1 is 1.20 bits per heavy atom. The number of benzene rings is 1. The van der Waals surface area contributed by atoms with E-state index < -0.39 is 5.60 Å². The van der Waals surface area contributed by atoms with Crippen LogP contribution in [-0.2, 0) is 9.53 Å². The Labute approximate surface area is 118 Å². The van der Waals surface area contributed by atoms with Gasteiger partial charge >= 0.3 is 0 Å². The summed E-state index contributed by atoms with van der Waals surface area (Å²) < 4.78 is 5.20. The van der Waals surface area contributed by atoms with Crippen LogP contribution in [0.4, 0.5) is 0 Å². The van der Waals surface area contributed by atoms with Crippen molar-refractivity contribution < 1.29 is 14.3 Å². The second-order valence-corrected chi connectivity index (χ2v) is 5.82. The maximum atomic E-state index is 12.4. The fourth-order valence-electron chi connectivity index (χ4n) is 2.75. The minimum Gasteiger partial charge on any atom is -0.359 e. The Balaban J connectivity index is 1.59. The van der Waals surface area contributed by atoms with Gasteiger partial charge in [-0.3, -0.25) is 9.59 Å². The molecule has 0 aliphatic carbocycles. The van der Waals surface area contributed by atoms with Crippen LogP contribution in [0.25, 0.3) is 0 Å². The van der Waals surface area contributed by atoms with E-state index in [1.54, 1.807) is 0 Å². The molecule has 0 saturated carbocycles. The molecule has 4 nitrogen and oxygen atoms in total. The molecule has 0 bridgehead atoms. The van der Waals surface area contributed by atoms with Crippen molar-refractivity contribution in [3.63, 3.8) is 0 Å². The van der Waals surface area contributed by atoms with Crippen LogP contribution < -0.4 is 0 Å². The summed E-state index contributed by atoms with van der Waals surface area (Å²) >= 11 is 0. The first kappa shape index (κ1) is 13.3. The summed E-state index contributed by atoms with van der Waals surface area (Å²) in [7, 11) is 0. The Hall–Kier alpha value is -1.68. The second-order valence-electron chi connectivity index (χ2n) is 5.82. The van der Waals surface area contributed by atoms with Crippen LogP contribution in [0.2, 0.25) is 0 Å². The molecule has 0 spiro atoms. The molecule has 2 aliphatic heterocycles. The van der Waals surface area contributed by atoms with Crippen LogP contribution >= 0.6 is 0 Å². The van der Waals surface area contributed by atoms with Crippen molar-refractivity contribution in [1.29, 1.82) is 0 Å². The average molecular weight is 273 g/mol. The van der Waals surface area contributed by atoms with Gasteiger partial charge < -0.3 is 9.64 Å². The number of carbonyl (C=O) groups excluding carboxylic acids is 2.